The summed E-state index contributed by atoms with van der Waals surface area (Å²) in [6, 6.07) is 7.88. The Labute approximate surface area is 117 Å². The predicted molar refractivity (Wildman–Crippen MR) is 76.1 cm³/mol. The third kappa shape index (κ3) is 4.78. The molecule has 0 aromatic heterocycles. The molecule has 0 radical (unpaired) electrons. The summed E-state index contributed by atoms with van der Waals surface area (Å²) in [5.74, 6) is -0.192. The molecule has 0 saturated heterocycles. The van der Waals surface area contributed by atoms with E-state index in [1.807, 2.05) is 38.1 Å². The van der Waals surface area contributed by atoms with Crippen LogP contribution in [0.4, 0.5) is 0 Å². The maximum atomic E-state index is 11.3. The van der Waals surface area contributed by atoms with Gasteiger partial charge in [-0.3, -0.25) is 4.79 Å². The number of halogens is 1. The van der Waals surface area contributed by atoms with Gasteiger partial charge < -0.3 is 10.5 Å². The van der Waals surface area contributed by atoms with Crippen LogP contribution in [0.15, 0.2) is 28.7 Å². The van der Waals surface area contributed by atoms with E-state index in [-0.39, 0.29) is 17.4 Å². The van der Waals surface area contributed by atoms with E-state index in [1.54, 1.807) is 0 Å². The molecule has 1 unspecified atom stereocenters. The summed E-state index contributed by atoms with van der Waals surface area (Å²) in [7, 11) is 1.41. The number of carbonyl (C=O) groups is 1. The van der Waals surface area contributed by atoms with Crippen molar-refractivity contribution in [2.45, 2.75) is 32.7 Å². The van der Waals surface area contributed by atoms with Crippen LogP contribution in [-0.2, 0) is 9.53 Å². The molecule has 0 aliphatic heterocycles. The fourth-order valence-corrected chi connectivity index (χ4v) is 2.22. The van der Waals surface area contributed by atoms with Gasteiger partial charge in [0.2, 0.25) is 0 Å². The highest BCUT2D eigenvalue weighted by atomic mass is 79.9. The SMILES string of the molecule is COC(=O)CC(C)(C)CC(N)c1ccc(Br)cc1. The van der Waals surface area contributed by atoms with E-state index in [4.69, 9.17) is 10.5 Å². The highest BCUT2D eigenvalue weighted by Gasteiger charge is 2.25. The first-order valence-electron chi connectivity index (χ1n) is 5.92. The first-order valence-corrected chi connectivity index (χ1v) is 6.71. The number of hydrogen-bond donors (Lipinski definition) is 1. The summed E-state index contributed by atoms with van der Waals surface area (Å²) < 4.78 is 5.74. The number of carbonyl (C=O) groups excluding carboxylic acids is 1. The summed E-state index contributed by atoms with van der Waals surface area (Å²) in [6.45, 7) is 4.06. The minimum absolute atomic E-state index is 0.0715. The van der Waals surface area contributed by atoms with Crippen molar-refractivity contribution < 1.29 is 9.53 Å². The van der Waals surface area contributed by atoms with Gasteiger partial charge in [0, 0.05) is 10.5 Å². The summed E-state index contributed by atoms with van der Waals surface area (Å²) >= 11 is 3.40. The highest BCUT2D eigenvalue weighted by molar-refractivity contribution is 9.10. The lowest BCUT2D eigenvalue weighted by Gasteiger charge is -2.27. The van der Waals surface area contributed by atoms with Gasteiger partial charge in [0.05, 0.1) is 13.5 Å². The van der Waals surface area contributed by atoms with Crippen LogP contribution in [0, 0.1) is 5.41 Å². The zero-order valence-corrected chi connectivity index (χ0v) is 12.7. The number of ether oxygens (including phenoxy) is 1. The molecule has 0 heterocycles. The molecule has 1 rings (SSSR count). The lowest BCUT2D eigenvalue weighted by molar-refractivity contribution is -0.143. The number of benzene rings is 1. The Morgan fingerprint density at radius 1 is 1.39 bits per heavy atom. The topological polar surface area (TPSA) is 52.3 Å². The maximum Gasteiger partial charge on any atom is 0.306 e. The second-order valence-corrected chi connectivity index (χ2v) is 6.19. The van der Waals surface area contributed by atoms with Gasteiger partial charge >= 0.3 is 5.97 Å². The highest BCUT2D eigenvalue weighted by Crippen LogP contribution is 2.32. The lowest BCUT2D eigenvalue weighted by Crippen LogP contribution is -2.24. The minimum Gasteiger partial charge on any atom is -0.469 e. The number of methoxy groups -OCH3 is 1. The van der Waals surface area contributed by atoms with E-state index < -0.39 is 0 Å². The van der Waals surface area contributed by atoms with E-state index in [9.17, 15) is 4.79 Å². The molecular weight excluding hydrogens is 294 g/mol. The van der Waals surface area contributed by atoms with Crippen molar-refractivity contribution >= 4 is 21.9 Å². The van der Waals surface area contributed by atoms with Gasteiger partial charge in [-0.05, 0) is 29.5 Å². The maximum absolute atomic E-state index is 11.3. The average molecular weight is 314 g/mol. The second-order valence-electron chi connectivity index (χ2n) is 5.28. The summed E-state index contributed by atoms with van der Waals surface area (Å²) in [5.41, 5.74) is 7.09. The molecule has 0 fully saturated rings. The van der Waals surface area contributed by atoms with Gasteiger partial charge in [-0.25, -0.2) is 0 Å². The monoisotopic (exact) mass is 313 g/mol. The Morgan fingerprint density at radius 3 is 2.44 bits per heavy atom. The molecule has 3 nitrogen and oxygen atoms in total. The van der Waals surface area contributed by atoms with Crippen molar-refractivity contribution in [3.8, 4) is 0 Å². The van der Waals surface area contributed by atoms with Crippen molar-refractivity contribution in [1.29, 1.82) is 0 Å². The average Bonchev–Trinajstić information content (AvgIpc) is 2.28. The number of rotatable bonds is 5. The second kappa shape index (κ2) is 6.34. The Kier molecular flexibility index (Phi) is 5.35. The Hall–Kier alpha value is -0.870. The van der Waals surface area contributed by atoms with Crippen LogP contribution in [-0.4, -0.2) is 13.1 Å². The van der Waals surface area contributed by atoms with Crippen LogP contribution in [0.3, 0.4) is 0 Å². The Balaban J connectivity index is 2.65. The van der Waals surface area contributed by atoms with Gasteiger partial charge in [-0.1, -0.05) is 41.9 Å². The standard InChI is InChI=1S/C14H20BrNO2/c1-14(2,9-13(17)18-3)8-12(16)10-4-6-11(15)7-5-10/h4-7,12H,8-9,16H2,1-3H3. The van der Waals surface area contributed by atoms with Crippen molar-refractivity contribution in [3.63, 3.8) is 0 Å². The smallest absolute Gasteiger partial charge is 0.306 e. The summed E-state index contributed by atoms with van der Waals surface area (Å²) in [5, 5.41) is 0. The minimum atomic E-state index is -0.192. The van der Waals surface area contributed by atoms with E-state index >= 15 is 0 Å². The molecule has 100 valence electrons. The summed E-state index contributed by atoms with van der Waals surface area (Å²) in [6.07, 6.45) is 1.12. The lowest BCUT2D eigenvalue weighted by atomic mass is 9.81. The quantitative estimate of drug-likeness (QED) is 0.847. The largest absolute Gasteiger partial charge is 0.469 e. The van der Waals surface area contributed by atoms with Crippen LogP contribution < -0.4 is 5.73 Å². The fourth-order valence-electron chi connectivity index (χ4n) is 1.96. The predicted octanol–water partition coefficient (Wildman–Crippen LogP) is 3.43. The third-order valence-corrected chi connectivity index (χ3v) is 3.45. The van der Waals surface area contributed by atoms with E-state index in [1.165, 1.54) is 7.11 Å². The van der Waals surface area contributed by atoms with Gasteiger partial charge in [-0.2, -0.15) is 0 Å². The molecule has 4 heteroatoms. The van der Waals surface area contributed by atoms with Crippen molar-refractivity contribution in [2.75, 3.05) is 7.11 Å². The first-order chi connectivity index (χ1) is 8.34. The van der Waals surface area contributed by atoms with Crippen LogP contribution >= 0.6 is 15.9 Å². The number of nitrogens with two attached hydrogens (primary N) is 1. The normalized spacial score (nSPS) is 13.2. The van der Waals surface area contributed by atoms with Crippen LogP contribution in [0.1, 0.15) is 38.3 Å². The molecule has 1 atom stereocenters. The molecule has 1 aromatic rings. The third-order valence-electron chi connectivity index (χ3n) is 2.92. The molecule has 0 aliphatic carbocycles. The molecule has 0 bridgehead atoms. The molecule has 0 saturated carbocycles. The van der Waals surface area contributed by atoms with Gasteiger partial charge in [-0.15, -0.1) is 0 Å². The fraction of sp³-hybridized carbons (Fsp3) is 0.500. The molecule has 1 aromatic carbocycles. The van der Waals surface area contributed by atoms with E-state index in [2.05, 4.69) is 15.9 Å². The molecule has 0 amide bonds. The van der Waals surface area contributed by atoms with Crippen molar-refractivity contribution in [3.05, 3.63) is 34.3 Å². The van der Waals surface area contributed by atoms with Gasteiger partial charge in [0.1, 0.15) is 0 Å². The molecule has 0 spiro atoms. The van der Waals surface area contributed by atoms with Crippen molar-refractivity contribution in [2.24, 2.45) is 11.1 Å². The van der Waals surface area contributed by atoms with Gasteiger partial charge in [0.25, 0.3) is 0 Å². The number of esters is 1. The zero-order chi connectivity index (χ0) is 13.8. The first kappa shape index (κ1) is 15.2. The summed E-state index contributed by atoms with van der Waals surface area (Å²) in [4.78, 5) is 11.3. The molecular formula is C14H20BrNO2. The molecule has 0 aliphatic rings. The molecule has 18 heavy (non-hydrogen) atoms. The van der Waals surface area contributed by atoms with Crippen molar-refractivity contribution in [1.82, 2.24) is 0 Å². The zero-order valence-electron chi connectivity index (χ0n) is 11.1. The Morgan fingerprint density at radius 2 is 1.94 bits per heavy atom. The van der Waals surface area contributed by atoms with Crippen LogP contribution in [0.5, 0.6) is 0 Å². The van der Waals surface area contributed by atoms with E-state index in [0.29, 0.717) is 6.42 Å². The Bertz CT molecular complexity index is 401. The number of hydrogen-bond acceptors (Lipinski definition) is 3. The van der Waals surface area contributed by atoms with Crippen LogP contribution in [0.25, 0.3) is 0 Å². The van der Waals surface area contributed by atoms with Gasteiger partial charge in [0.15, 0.2) is 0 Å². The van der Waals surface area contributed by atoms with E-state index in [0.717, 1.165) is 16.5 Å². The molecule has 2 N–H and O–H groups in total. The van der Waals surface area contributed by atoms with Crippen LogP contribution in [0.2, 0.25) is 0 Å².